The second-order valence-electron chi connectivity index (χ2n) is 5.85. The molecule has 2 aromatic rings. The van der Waals surface area contributed by atoms with Crippen LogP contribution < -0.4 is 9.80 Å². The van der Waals surface area contributed by atoms with Crippen molar-refractivity contribution in [3.63, 3.8) is 0 Å². The summed E-state index contributed by atoms with van der Waals surface area (Å²) in [5.74, 6) is 1.53. The maximum atomic E-state index is 11.8. The molecule has 0 amide bonds. The van der Waals surface area contributed by atoms with Gasteiger partial charge in [0, 0.05) is 25.3 Å². The van der Waals surface area contributed by atoms with Gasteiger partial charge in [0.25, 0.3) is 0 Å². The van der Waals surface area contributed by atoms with Gasteiger partial charge in [0.15, 0.2) is 15.7 Å². The summed E-state index contributed by atoms with van der Waals surface area (Å²) in [4.78, 5) is 8.45. The summed E-state index contributed by atoms with van der Waals surface area (Å²) in [7, 11) is -1.04. The molecule has 1 aromatic carbocycles. The summed E-state index contributed by atoms with van der Waals surface area (Å²) < 4.78 is 23.5. The van der Waals surface area contributed by atoms with Crippen molar-refractivity contribution >= 4 is 27.3 Å². The Balaban J connectivity index is 1.86. The standard InChI is InChI=1S/C16H21N5O2S/c1-3-21(14-9-10-24(22,23)12-14)16-18-15(11-17-19-16)20(2)13-7-5-4-6-8-13/h4-8,11,14H,3,9-10,12H2,1-2H3. The third kappa shape index (κ3) is 3.48. The molecule has 1 atom stereocenters. The Morgan fingerprint density at radius 1 is 1.25 bits per heavy atom. The van der Waals surface area contributed by atoms with E-state index in [0.717, 1.165) is 5.69 Å². The number of nitrogens with zero attached hydrogens (tertiary/aromatic N) is 5. The molecule has 7 nitrogen and oxygen atoms in total. The zero-order valence-electron chi connectivity index (χ0n) is 13.8. The molecule has 0 radical (unpaired) electrons. The molecule has 1 fully saturated rings. The molecule has 1 unspecified atom stereocenters. The summed E-state index contributed by atoms with van der Waals surface area (Å²) in [5, 5.41) is 8.18. The van der Waals surface area contributed by atoms with E-state index in [0.29, 0.717) is 24.7 Å². The van der Waals surface area contributed by atoms with E-state index in [1.807, 2.05) is 54.1 Å². The minimum atomic E-state index is -2.96. The Kier molecular flexibility index (Phi) is 4.66. The first kappa shape index (κ1) is 16.6. The molecular weight excluding hydrogens is 326 g/mol. The van der Waals surface area contributed by atoms with Crippen molar-refractivity contribution in [2.75, 3.05) is 34.9 Å². The lowest BCUT2D eigenvalue weighted by Crippen LogP contribution is -2.37. The average Bonchev–Trinajstić information content (AvgIpc) is 2.95. The lowest BCUT2D eigenvalue weighted by Gasteiger charge is -2.27. The number of sulfone groups is 1. The Bertz CT molecular complexity index is 797. The predicted molar refractivity (Wildman–Crippen MR) is 94.4 cm³/mol. The maximum absolute atomic E-state index is 11.8. The normalized spacial score (nSPS) is 19.2. The van der Waals surface area contributed by atoms with Gasteiger partial charge < -0.3 is 9.80 Å². The van der Waals surface area contributed by atoms with Gasteiger partial charge in [0.1, 0.15) is 0 Å². The first-order valence-electron chi connectivity index (χ1n) is 7.96. The molecule has 0 N–H and O–H groups in total. The largest absolute Gasteiger partial charge is 0.336 e. The molecule has 1 saturated heterocycles. The van der Waals surface area contributed by atoms with E-state index in [1.165, 1.54) is 0 Å². The number of hydrogen-bond donors (Lipinski definition) is 0. The van der Waals surface area contributed by atoms with Crippen LogP contribution in [0, 0.1) is 0 Å². The number of anilines is 3. The van der Waals surface area contributed by atoms with Crippen LogP contribution in [-0.4, -0.2) is 54.7 Å². The van der Waals surface area contributed by atoms with Crippen LogP contribution in [0.4, 0.5) is 17.5 Å². The van der Waals surface area contributed by atoms with Gasteiger partial charge in [-0.25, -0.2) is 8.42 Å². The van der Waals surface area contributed by atoms with Crippen LogP contribution in [0.3, 0.4) is 0 Å². The molecule has 1 aliphatic rings. The second kappa shape index (κ2) is 6.72. The molecule has 0 saturated carbocycles. The van der Waals surface area contributed by atoms with Gasteiger partial charge in [-0.05, 0) is 25.5 Å². The van der Waals surface area contributed by atoms with Crippen LogP contribution in [0.1, 0.15) is 13.3 Å². The Labute approximate surface area is 142 Å². The third-order valence-electron chi connectivity index (χ3n) is 4.27. The lowest BCUT2D eigenvalue weighted by atomic mass is 10.2. The van der Waals surface area contributed by atoms with Crippen LogP contribution >= 0.6 is 0 Å². The van der Waals surface area contributed by atoms with E-state index in [2.05, 4.69) is 15.2 Å². The first-order chi connectivity index (χ1) is 11.5. The van der Waals surface area contributed by atoms with Gasteiger partial charge in [-0.3, -0.25) is 0 Å². The summed E-state index contributed by atoms with van der Waals surface area (Å²) >= 11 is 0. The summed E-state index contributed by atoms with van der Waals surface area (Å²) in [6, 6.07) is 9.78. The lowest BCUT2D eigenvalue weighted by molar-refractivity contribution is 0.598. The van der Waals surface area contributed by atoms with Crippen molar-refractivity contribution in [2.24, 2.45) is 0 Å². The summed E-state index contributed by atoms with van der Waals surface area (Å²) in [6.45, 7) is 2.61. The molecule has 0 aliphatic carbocycles. The van der Waals surface area contributed by atoms with E-state index >= 15 is 0 Å². The summed E-state index contributed by atoms with van der Waals surface area (Å²) in [6.07, 6.45) is 2.22. The van der Waals surface area contributed by atoms with Crippen LogP contribution in [0.25, 0.3) is 0 Å². The van der Waals surface area contributed by atoms with Crippen molar-refractivity contribution in [2.45, 2.75) is 19.4 Å². The van der Waals surface area contributed by atoms with E-state index < -0.39 is 9.84 Å². The fourth-order valence-electron chi connectivity index (χ4n) is 2.94. The molecule has 128 valence electrons. The van der Waals surface area contributed by atoms with Gasteiger partial charge in [0.2, 0.25) is 5.95 Å². The molecule has 3 rings (SSSR count). The van der Waals surface area contributed by atoms with Gasteiger partial charge in [-0.1, -0.05) is 18.2 Å². The summed E-state index contributed by atoms with van der Waals surface area (Å²) in [5.41, 5.74) is 0.996. The maximum Gasteiger partial charge on any atom is 0.247 e. The number of benzene rings is 1. The van der Waals surface area contributed by atoms with Crippen LogP contribution in [0.15, 0.2) is 36.5 Å². The SMILES string of the molecule is CCN(c1nncc(N(C)c2ccccc2)n1)C1CCS(=O)(=O)C1. The fraction of sp³-hybridized carbons (Fsp3) is 0.438. The van der Waals surface area contributed by atoms with Crippen molar-refractivity contribution < 1.29 is 8.42 Å². The highest BCUT2D eigenvalue weighted by Crippen LogP contribution is 2.24. The molecule has 0 spiro atoms. The number of hydrogen-bond acceptors (Lipinski definition) is 7. The molecule has 2 heterocycles. The van der Waals surface area contributed by atoms with Gasteiger partial charge in [0.05, 0.1) is 17.7 Å². The number of rotatable bonds is 5. The molecular formula is C16H21N5O2S. The van der Waals surface area contributed by atoms with E-state index in [1.54, 1.807) is 6.20 Å². The zero-order chi connectivity index (χ0) is 17.2. The minimum absolute atomic E-state index is 0.0842. The van der Waals surface area contributed by atoms with Crippen molar-refractivity contribution in [1.29, 1.82) is 0 Å². The quantitative estimate of drug-likeness (QED) is 0.813. The van der Waals surface area contributed by atoms with E-state index in [-0.39, 0.29) is 17.5 Å². The van der Waals surface area contributed by atoms with Crippen molar-refractivity contribution in [3.05, 3.63) is 36.5 Å². The number of aromatic nitrogens is 3. The first-order valence-corrected chi connectivity index (χ1v) is 9.78. The van der Waals surface area contributed by atoms with Crippen molar-refractivity contribution in [1.82, 2.24) is 15.2 Å². The fourth-order valence-corrected chi connectivity index (χ4v) is 4.67. The monoisotopic (exact) mass is 347 g/mol. The predicted octanol–water partition coefficient (Wildman–Crippen LogP) is 1.65. The van der Waals surface area contributed by atoms with Gasteiger partial charge in [-0.2, -0.15) is 10.1 Å². The average molecular weight is 347 g/mol. The van der Waals surface area contributed by atoms with E-state index in [9.17, 15) is 8.42 Å². The van der Waals surface area contributed by atoms with Gasteiger partial charge >= 0.3 is 0 Å². The Hall–Kier alpha value is -2.22. The molecule has 0 bridgehead atoms. The molecule has 1 aromatic heterocycles. The number of para-hydroxylation sites is 1. The van der Waals surface area contributed by atoms with Crippen molar-refractivity contribution in [3.8, 4) is 0 Å². The molecule has 1 aliphatic heterocycles. The highest BCUT2D eigenvalue weighted by Gasteiger charge is 2.33. The minimum Gasteiger partial charge on any atom is -0.336 e. The van der Waals surface area contributed by atoms with Crippen LogP contribution in [-0.2, 0) is 9.84 Å². The second-order valence-corrected chi connectivity index (χ2v) is 8.08. The highest BCUT2D eigenvalue weighted by molar-refractivity contribution is 7.91. The smallest absolute Gasteiger partial charge is 0.247 e. The van der Waals surface area contributed by atoms with Gasteiger partial charge in [-0.15, -0.1) is 5.10 Å². The van der Waals surface area contributed by atoms with E-state index in [4.69, 9.17) is 0 Å². The molecule has 8 heteroatoms. The topological polar surface area (TPSA) is 79.3 Å². The van der Waals surface area contributed by atoms with Crippen LogP contribution in [0.5, 0.6) is 0 Å². The third-order valence-corrected chi connectivity index (χ3v) is 6.02. The van der Waals surface area contributed by atoms with Crippen LogP contribution in [0.2, 0.25) is 0 Å². The Morgan fingerprint density at radius 2 is 2.00 bits per heavy atom. The highest BCUT2D eigenvalue weighted by atomic mass is 32.2. The Morgan fingerprint density at radius 3 is 2.62 bits per heavy atom. The molecule has 24 heavy (non-hydrogen) atoms. The zero-order valence-corrected chi connectivity index (χ0v) is 14.6.